The Hall–Kier alpha value is -4.73. The molecule has 5 aliphatic rings. The number of ether oxygens (including phenoxy) is 2. The number of hydrogen-bond acceptors (Lipinski definition) is 8. The minimum atomic E-state index is -2.79. The number of phenolic OH excluding ortho intramolecular Hbond substituents is 1. The summed E-state index contributed by atoms with van der Waals surface area (Å²) in [5, 5.41) is 11.5. The number of carbonyl (C=O) groups is 4. The van der Waals surface area contributed by atoms with Crippen LogP contribution in [-0.2, 0) is 23.9 Å². The second-order valence-corrected chi connectivity index (χ2v) is 15.2. The Labute approximate surface area is 320 Å². The normalized spacial score (nSPS) is 29.0. The number of nitrogens with zero attached hydrogens (tertiary/aromatic N) is 3. The predicted molar refractivity (Wildman–Crippen MR) is 188 cm³/mol. The van der Waals surface area contributed by atoms with E-state index in [-0.39, 0.29) is 40.5 Å². The molecule has 6 unspecified atom stereocenters. The van der Waals surface area contributed by atoms with Crippen LogP contribution in [0.2, 0.25) is 0 Å². The Morgan fingerprint density at radius 1 is 0.818 bits per heavy atom. The molecule has 8 rings (SSSR count). The summed E-state index contributed by atoms with van der Waals surface area (Å²) in [6.07, 6.45) is 0.823. The number of phenols is 1. The Bertz CT molecular complexity index is 2190. The summed E-state index contributed by atoms with van der Waals surface area (Å²) in [7, 11) is 0. The molecular formula is C38H30Cl2F5N3O7. The molecule has 0 spiro atoms. The molecule has 1 N–H and O–H groups in total. The number of imide groups is 2. The van der Waals surface area contributed by atoms with Crippen LogP contribution in [0, 0.1) is 46.8 Å². The van der Waals surface area contributed by atoms with Gasteiger partial charge in [0.25, 0.3) is 11.8 Å². The molecule has 0 radical (unpaired) electrons. The maximum atomic E-state index is 15.3. The number of allylic oxidation sites excluding steroid dienone is 2. The average Bonchev–Trinajstić information content (AvgIpc) is 3.52. The highest BCUT2D eigenvalue weighted by Gasteiger charge is 2.77. The van der Waals surface area contributed by atoms with Gasteiger partial charge in [0.05, 0.1) is 37.3 Å². The van der Waals surface area contributed by atoms with Crippen molar-refractivity contribution in [3.63, 3.8) is 0 Å². The number of morpholine rings is 1. The highest BCUT2D eigenvalue weighted by atomic mass is 35.5. The molecule has 4 amide bonds. The summed E-state index contributed by atoms with van der Waals surface area (Å²) in [6, 6.07) is 11.0. The SMILES string of the molecule is CCOc1cccc(C2C3=CCC4C(=O)N(c5ccc(N6CCOCC6)cc5)C(=O)C4C3CC3(Cl)C(=O)N(c4c(F)c(F)c(F)c(F)c4F)C(=O)C23Cl)c1O. The maximum absolute atomic E-state index is 15.3. The van der Waals surface area contributed by atoms with Crippen molar-refractivity contribution in [1.29, 1.82) is 0 Å². The summed E-state index contributed by atoms with van der Waals surface area (Å²) in [6.45, 7) is 4.09. The minimum Gasteiger partial charge on any atom is -0.504 e. The first kappa shape index (κ1) is 37.2. The molecule has 0 aromatic heterocycles. The van der Waals surface area contributed by atoms with Crippen LogP contribution in [-0.4, -0.2) is 71.4 Å². The van der Waals surface area contributed by atoms with Gasteiger partial charge in [-0.05, 0) is 56.0 Å². The minimum absolute atomic E-state index is 0.0579. The first-order valence-electron chi connectivity index (χ1n) is 17.4. The van der Waals surface area contributed by atoms with E-state index in [4.69, 9.17) is 32.7 Å². The summed E-state index contributed by atoms with van der Waals surface area (Å²) >= 11 is 14.4. The zero-order valence-corrected chi connectivity index (χ0v) is 30.3. The number of para-hydroxylation sites is 1. The van der Waals surface area contributed by atoms with E-state index in [1.165, 1.54) is 18.2 Å². The molecule has 17 heteroatoms. The largest absolute Gasteiger partial charge is 0.504 e. The quantitative estimate of drug-likeness (QED) is 0.0796. The third kappa shape index (κ3) is 5.08. The molecule has 3 aromatic carbocycles. The smallest absolute Gasteiger partial charge is 0.258 e. The lowest BCUT2D eigenvalue weighted by Crippen LogP contribution is -2.60. The van der Waals surface area contributed by atoms with E-state index in [0.717, 1.165) is 10.6 Å². The number of hydrogen-bond donors (Lipinski definition) is 1. The molecule has 4 fully saturated rings. The van der Waals surface area contributed by atoms with Crippen molar-refractivity contribution in [3.05, 3.63) is 88.8 Å². The Morgan fingerprint density at radius 2 is 1.44 bits per heavy atom. The van der Waals surface area contributed by atoms with Crippen molar-refractivity contribution < 1.29 is 55.7 Å². The van der Waals surface area contributed by atoms with Crippen molar-refractivity contribution in [3.8, 4) is 11.5 Å². The second kappa shape index (κ2) is 13.2. The molecule has 3 aromatic rings. The number of anilines is 3. The van der Waals surface area contributed by atoms with Crippen LogP contribution < -0.4 is 19.4 Å². The van der Waals surface area contributed by atoms with Gasteiger partial charge in [-0.2, -0.15) is 0 Å². The number of fused-ring (bicyclic) bond motifs is 4. The van der Waals surface area contributed by atoms with Crippen LogP contribution in [0.25, 0.3) is 0 Å². The molecule has 3 aliphatic heterocycles. The van der Waals surface area contributed by atoms with Gasteiger partial charge in [-0.15, -0.1) is 23.2 Å². The number of carbonyl (C=O) groups excluding carboxylic acids is 4. The van der Waals surface area contributed by atoms with Gasteiger partial charge in [-0.1, -0.05) is 23.8 Å². The Balaban J connectivity index is 1.26. The van der Waals surface area contributed by atoms with Crippen molar-refractivity contribution >= 4 is 63.9 Å². The lowest BCUT2D eigenvalue weighted by atomic mass is 9.56. The molecular weight excluding hydrogens is 776 g/mol. The van der Waals surface area contributed by atoms with Crippen LogP contribution in [0.1, 0.15) is 31.2 Å². The number of alkyl halides is 2. The lowest BCUT2D eigenvalue weighted by molar-refractivity contribution is -0.125. The molecule has 2 aliphatic carbocycles. The number of halogens is 7. The zero-order valence-electron chi connectivity index (χ0n) is 28.8. The molecule has 3 heterocycles. The summed E-state index contributed by atoms with van der Waals surface area (Å²) < 4.78 is 84.8. The van der Waals surface area contributed by atoms with Gasteiger partial charge in [0.15, 0.2) is 44.5 Å². The predicted octanol–water partition coefficient (Wildman–Crippen LogP) is 6.09. The monoisotopic (exact) mass is 805 g/mol. The van der Waals surface area contributed by atoms with Crippen LogP contribution in [0.5, 0.6) is 11.5 Å². The van der Waals surface area contributed by atoms with E-state index in [1.54, 1.807) is 37.3 Å². The molecule has 1 saturated carbocycles. The van der Waals surface area contributed by atoms with E-state index >= 15 is 8.78 Å². The van der Waals surface area contributed by atoms with Gasteiger partial charge in [0.2, 0.25) is 17.6 Å². The fraction of sp³-hybridized carbons (Fsp3) is 0.368. The van der Waals surface area contributed by atoms with Crippen molar-refractivity contribution in [1.82, 2.24) is 0 Å². The molecule has 288 valence electrons. The highest BCUT2D eigenvalue weighted by Crippen LogP contribution is 2.67. The molecule has 3 saturated heterocycles. The zero-order chi connectivity index (χ0) is 39.3. The lowest BCUT2D eigenvalue weighted by Gasteiger charge is -2.50. The van der Waals surface area contributed by atoms with Gasteiger partial charge in [-0.3, -0.25) is 24.1 Å². The molecule has 10 nitrogen and oxygen atoms in total. The van der Waals surface area contributed by atoms with Crippen LogP contribution in [0.15, 0.2) is 54.1 Å². The van der Waals surface area contributed by atoms with Gasteiger partial charge in [0, 0.05) is 30.3 Å². The van der Waals surface area contributed by atoms with Gasteiger partial charge < -0.3 is 19.5 Å². The third-order valence-corrected chi connectivity index (χ3v) is 12.8. The first-order valence-corrected chi connectivity index (χ1v) is 18.2. The number of rotatable bonds is 6. The van der Waals surface area contributed by atoms with Crippen molar-refractivity contribution in [2.75, 3.05) is 47.6 Å². The fourth-order valence-corrected chi connectivity index (χ4v) is 9.77. The summed E-state index contributed by atoms with van der Waals surface area (Å²) in [5.74, 6) is -22.5. The third-order valence-electron chi connectivity index (χ3n) is 11.3. The first-order chi connectivity index (χ1) is 26.2. The average molecular weight is 807 g/mol. The molecule has 55 heavy (non-hydrogen) atoms. The van der Waals surface area contributed by atoms with Gasteiger partial charge in [-0.25, -0.2) is 26.9 Å². The van der Waals surface area contributed by atoms with Gasteiger partial charge in [0.1, 0.15) is 5.69 Å². The molecule has 0 bridgehead atoms. The van der Waals surface area contributed by atoms with E-state index in [0.29, 0.717) is 26.3 Å². The van der Waals surface area contributed by atoms with E-state index in [9.17, 15) is 37.5 Å². The number of benzene rings is 3. The molecule has 6 atom stereocenters. The van der Waals surface area contributed by atoms with Crippen molar-refractivity contribution in [2.45, 2.75) is 35.4 Å². The maximum Gasteiger partial charge on any atom is 0.258 e. The summed E-state index contributed by atoms with van der Waals surface area (Å²) in [5.41, 5.74) is -0.715. The second-order valence-electron chi connectivity index (χ2n) is 13.9. The van der Waals surface area contributed by atoms with E-state index in [2.05, 4.69) is 4.90 Å². The Morgan fingerprint density at radius 3 is 2.07 bits per heavy atom. The standard InChI is InChI=1S/C38H30Cl2F5N3O7/c1-2-55-23-5-3-4-21(32(23)49)25-19-10-11-20-24(34(51)47(33(20)50)18-8-6-17(7-9-18)46-12-14-54-15-13-46)22(19)16-37(39)35(52)48(36(53)38(25,37)40)31-29(44)27(42)26(41)28(43)30(31)45/h3-10,20,22,24-25,49H,2,11-16H2,1H3. The topological polar surface area (TPSA) is 117 Å². The number of amides is 4. The van der Waals surface area contributed by atoms with Crippen LogP contribution in [0.4, 0.5) is 39.0 Å². The summed E-state index contributed by atoms with van der Waals surface area (Å²) in [4.78, 5) is 54.8. The Kier molecular flexibility index (Phi) is 8.93. The van der Waals surface area contributed by atoms with E-state index < -0.39 is 104 Å². The van der Waals surface area contributed by atoms with Gasteiger partial charge >= 0.3 is 0 Å². The highest BCUT2D eigenvalue weighted by molar-refractivity contribution is 6.58. The van der Waals surface area contributed by atoms with E-state index in [1.807, 2.05) is 0 Å². The van der Waals surface area contributed by atoms with Crippen LogP contribution >= 0.6 is 23.2 Å². The fourth-order valence-electron chi connectivity index (χ4n) is 8.85. The van der Waals surface area contributed by atoms with Crippen LogP contribution in [0.3, 0.4) is 0 Å². The van der Waals surface area contributed by atoms with Crippen molar-refractivity contribution in [2.24, 2.45) is 17.8 Å². The number of aromatic hydroxyl groups is 1.